The van der Waals surface area contributed by atoms with Crippen LogP contribution in [0, 0.1) is 13.8 Å². The van der Waals surface area contributed by atoms with Gasteiger partial charge in [-0.15, -0.1) is 0 Å². The van der Waals surface area contributed by atoms with Gasteiger partial charge in [-0.2, -0.15) is 0 Å². The van der Waals surface area contributed by atoms with E-state index in [1.54, 1.807) is 0 Å². The molecule has 0 fully saturated rings. The maximum absolute atomic E-state index is 6.61. The van der Waals surface area contributed by atoms with Gasteiger partial charge in [-0.3, -0.25) is 0 Å². The van der Waals surface area contributed by atoms with Crippen LogP contribution in [0.3, 0.4) is 0 Å². The second-order valence-electron chi connectivity index (χ2n) is 7.46. The van der Waals surface area contributed by atoms with E-state index in [1.807, 2.05) is 19.1 Å². The molecule has 0 N–H and O–H groups in total. The highest BCUT2D eigenvalue weighted by molar-refractivity contribution is 6.32. The van der Waals surface area contributed by atoms with Crippen molar-refractivity contribution in [1.29, 1.82) is 0 Å². The summed E-state index contributed by atoms with van der Waals surface area (Å²) in [5.41, 5.74) is 5.67. The fourth-order valence-electron chi connectivity index (χ4n) is 4.30. The first-order valence-corrected chi connectivity index (χ1v) is 9.90. The Bertz CT molecular complexity index is 1050. The summed E-state index contributed by atoms with van der Waals surface area (Å²) < 4.78 is 17.6. The first-order chi connectivity index (χ1) is 13.6. The molecular weight excluding hydrogens is 372 g/mol. The second kappa shape index (κ2) is 6.75. The minimum Gasteiger partial charge on any atom is -0.485 e. The van der Waals surface area contributed by atoms with Crippen LogP contribution in [0.5, 0.6) is 17.2 Å². The minimum atomic E-state index is -0.0101. The highest BCUT2D eigenvalue weighted by Crippen LogP contribution is 2.50. The zero-order chi connectivity index (χ0) is 19.3. The van der Waals surface area contributed by atoms with E-state index < -0.39 is 0 Å². The van der Waals surface area contributed by atoms with E-state index in [2.05, 4.69) is 49.4 Å². The number of aryl methyl sites for hydroxylation is 1. The van der Waals surface area contributed by atoms with Gasteiger partial charge in [0.2, 0.25) is 6.79 Å². The predicted octanol–water partition coefficient (Wildman–Crippen LogP) is 6.34. The number of hydrogen-bond acceptors (Lipinski definition) is 3. The number of rotatable bonds is 2. The number of benzene rings is 3. The van der Waals surface area contributed by atoms with Gasteiger partial charge < -0.3 is 14.2 Å². The molecule has 3 nitrogen and oxygen atoms in total. The van der Waals surface area contributed by atoms with E-state index in [-0.39, 0.29) is 18.8 Å². The molecule has 0 spiro atoms. The lowest BCUT2D eigenvalue weighted by molar-refractivity contribution is 0.166. The smallest absolute Gasteiger partial charge is 0.231 e. The molecule has 2 atom stereocenters. The van der Waals surface area contributed by atoms with Crippen LogP contribution in [0.15, 0.2) is 54.6 Å². The third-order valence-electron chi connectivity index (χ3n) is 5.73. The summed E-state index contributed by atoms with van der Waals surface area (Å²) in [5, 5.41) is 0.811. The Morgan fingerprint density at radius 2 is 1.64 bits per heavy atom. The molecule has 28 heavy (non-hydrogen) atoms. The summed E-state index contributed by atoms with van der Waals surface area (Å²) in [4.78, 5) is 0. The Morgan fingerprint density at radius 3 is 2.46 bits per heavy atom. The van der Waals surface area contributed by atoms with Crippen molar-refractivity contribution in [3.05, 3.63) is 87.4 Å². The first kappa shape index (κ1) is 17.4. The predicted molar refractivity (Wildman–Crippen MR) is 110 cm³/mol. The molecule has 0 radical (unpaired) electrons. The van der Waals surface area contributed by atoms with Crippen molar-refractivity contribution in [1.82, 2.24) is 0 Å². The fraction of sp³-hybridized carbons (Fsp3) is 0.250. The fourth-order valence-corrected chi connectivity index (χ4v) is 4.46. The van der Waals surface area contributed by atoms with E-state index in [1.165, 1.54) is 16.7 Å². The summed E-state index contributed by atoms with van der Waals surface area (Å²) in [7, 11) is 0. The molecule has 0 amide bonds. The van der Waals surface area contributed by atoms with Crippen molar-refractivity contribution in [2.45, 2.75) is 32.3 Å². The molecule has 142 valence electrons. The Kier molecular flexibility index (Phi) is 4.21. The van der Waals surface area contributed by atoms with E-state index in [0.29, 0.717) is 0 Å². The summed E-state index contributed by atoms with van der Waals surface area (Å²) in [6.07, 6.45) is 0.834. The van der Waals surface area contributed by atoms with E-state index >= 15 is 0 Å². The lowest BCUT2D eigenvalue weighted by Gasteiger charge is -2.35. The first-order valence-electron chi connectivity index (χ1n) is 9.52. The normalized spacial score (nSPS) is 19.8. The van der Waals surface area contributed by atoms with Gasteiger partial charge in [0, 0.05) is 16.5 Å². The molecule has 0 saturated heterocycles. The molecule has 0 bridgehead atoms. The number of hydrogen-bond donors (Lipinski definition) is 0. The highest BCUT2D eigenvalue weighted by Gasteiger charge is 2.33. The quantitative estimate of drug-likeness (QED) is 0.509. The SMILES string of the molecule is Cc1cc2c(c(C)c1Cl)[C@H](c1ccc3c(c1)OCO3)C[C@H](c1ccccc1)O2. The average molecular weight is 393 g/mol. The van der Waals surface area contributed by atoms with Gasteiger partial charge in [-0.25, -0.2) is 0 Å². The van der Waals surface area contributed by atoms with Crippen LogP contribution >= 0.6 is 11.6 Å². The van der Waals surface area contributed by atoms with Crippen molar-refractivity contribution >= 4 is 11.6 Å². The Hall–Kier alpha value is -2.65. The molecule has 0 unspecified atom stereocenters. The van der Waals surface area contributed by atoms with Gasteiger partial charge in [0.05, 0.1) is 0 Å². The molecule has 5 rings (SSSR count). The maximum atomic E-state index is 6.61. The standard InChI is InChI=1S/C24H21ClO3/c1-14-10-22-23(15(2)24(14)25)18(12-20(28-22)16-6-4-3-5-7-16)17-8-9-19-21(11-17)27-13-26-19/h3-11,18,20H,12-13H2,1-2H3/t18-,20+/m0/s1. The van der Waals surface area contributed by atoms with Crippen LogP contribution in [0.4, 0.5) is 0 Å². The van der Waals surface area contributed by atoms with E-state index in [0.717, 1.165) is 39.8 Å². The molecule has 2 aliphatic heterocycles. The Labute approximate surface area is 169 Å². The average Bonchev–Trinajstić information content (AvgIpc) is 3.19. The van der Waals surface area contributed by atoms with Crippen molar-refractivity contribution in [3.63, 3.8) is 0 Å². The van der Waals surface area contributed by atoms with Crippen LogP contribution in [-0.4, -0.2) is 6.79 Å². The largest absolute Gasteiger partial charge is 0.485 e. The van der Waals surface area contributed by atoms with Gasteiger partial charge in [0.25, 0.3) is 0 Å². The van der Waals surface area contributed by atoms with Gasteiger partial charge in [-0.05, 0) is 60.7 Å². The number of fused-ring (bicyclic) bond motifs is 2. The molecule has 0 aromatic heterocycles. The van der Waals surface area contributed by atoms with Crippen LogP contribution in [0.1, 0.15) is 46.3 Å². The molecule has 3 aromatic rings. The third-order valence-corrected chi connectivity index (χ3v) is 6.31. The van der Waals surface area contributed by atoms with Gasteiger partial charge in [0.1, 0.15) is 11.9 Å². The minimum absolute atomic E-state index is 0.0101. The zero-order valence-electron chi connectivity index (χ0n) is 15.9. The van der Waals surface area contributed by atoms with Crippen LogP contribution in [0.25, 0.3) is 0 Å². The van der Waals surface area contributed by atoms with Crippen LogP contribution < -0.4 is 14.2 Å². The molecule has 4 heteroatoms. The zero-order valence-corrected chi connectivity index (χ0v) is 16.6. The lowest BCUT2D eigenvalue weighted by atomic mass is 9.80. The molecule has 2 aliphatic rings. The Balaban J connectivity index is 1.65. The van der Waals surface area contributed by atoms with E-state index in [4.69, 9.17) is 25.8 Å². The summed E-state index contributed by atoms with van der Waals surface area (Å²) in [6.45, 7) is 4.39. The van der Waals surface area contributed by atoms with Crippen molar-refractivity contribution < 1.29 is 14.2 Å². The highest BCUT2D eigenvalue weighted by atomic mass is 35.5. The lowest BCUT2D eigenvalue weighted by Crippen LogP contribution is -2.21. The molecule has 2 heterocycles. The topological polar surface area (TPSA) is 27.7 Å². The monoisotopic (exact) mass is 392 g/mol. The van der Waals surface area contributed by atoms with Crippen molar-refractivity contribution in [2.75, 3.05) is 6.79 Å². The Morgan fingerprint density at radius 1 is 0.857 bits per heavy atom. The summed E-state index contributed by atoms with van der Waals surface area (Å²) >= 11 is 6.61. The number of halogens is 1. The summed E-state index contributed by atoms with van der Waals surface area (Å²) in [6, 6.07) is 18.7. The molecule has 0 saturated carbocycles. The van der Waals surface area contributed by atoms with Crippen molar-refractivity contribution in [2.24, 2.45) is 0 Å². The second-order valence-corrected chi connectivity index (χ2v) is 7.84. The van der Waals surface area contributed by atoms with Crippen molar-refractivity contribution in [3.8, 4) is 17.2 Å². The van der Waals surface area contributed by atoms with Gasteiger partial charge >= 0.3 is 0 Å². The van der Waals surface area contributed by atoms with E-state index in [9.17, 15) is 0 Å². The molecule has 0 aliphatic carbocycles. The summed E-state index contributed by atoms with van der Waals surface area (Å²) in [5.74, 6) is 2.69. The molecular formula is C24H21ClO3. The van der Waals surface area contributed by atoms with Gasteiger partial charge in [-0.1, -0.05) is 48.0 Å². The van der Waals surface area contributed by atoms with Crippen LogP contribution in [-0.2, 0) is 0 Å². The maximum Gasteiger partial charge on any atom is 0.231 e. The van der Waals surface area contributed by atoms with Crippen LogP contribution in [0.2, 0.25) is 5.02 Å². The third kappa shape index (κ3) is 2.82. The van der Waals surface area contributed by atoms with Gasteiger partial charge in [0.15, 0.2) is 11.5 Å². The molecule has 3 aromatic carbocycles. The number of ether oxygens (including phenoxy) is 3.